The molecule has 3 aromatic rings. The fraction of sp³-hybridized carbons (Fsp3) is 0.407. The highest BCUT2D eigenvalue weighted by molar-refractivity contribution is 5.89. The molecule has 2 aromatic carbocycles. The lowest BCUT2D eigenvalue weighted by Gasteiger charge is -2.23. The summed E-state index contributed by atoms with van der Waals surface area (Å²) in [5.74, 6) is -2.39. The van der Waals surface area contributed by atoms with Gasteiger partial charge >= 0.3 is 24.1 Å². The van der Waals surface area contributed by atoms with Crippen LogP contribution < -0.4 is 15.3 Å². The predicted octanol–water partition coefficient (Wildman–Crippen LogP) is 5.15. The molecule has 4 rings (SSSR count). The Hall–Kier alpha value is -3.85. The van der Waals surface area contributed by atoms with Crippen LogP contribution in [0.3, 0.4) is 0 Å². The number of aliphatic hydroxyl groups excluding tert-OH is 1. The van der Waals surface area contributed by atoms with Gasteiger partial charge in [-0.25, -0.2) is 14.0 Å². The van der Waals surface area contributed by atoms with E-state index in [1.165, 1.54) is 6.20 Å². The molecule has 1 fully saturated rings. The zero-order valence-corrected chi connectivity index (χ0v) is 22.4. The summed E-state index contributed by atoms with van der Waals surface area (Å²) in [6.45, 7) is 0.980. The van der Waals surface area contributed by atoms with Crippen molar-refractivity contribution in [2.24, 2.45) is 5.92 Å². The van der Waals surface area contributed by atoms with E-state index in [-0.39, 0.29) is 24.4 Å². The van der Waals surface area contributed by atoms with E-state index in [0.717, 1.165) is 47.0 Å². The van der Waals surface area contributed by atoms with Gasteiger partial charge in [0, 0.05) is 44.1 Å². The third-order valence-electron chi connectivity index (χ3n) is 7.08. The molecule has 0 radical (unpaired) electrons. The summed E-state index contributed by atoms with van der Waals surface area (Å²) in [7, 11) is 2.92. The predicted molar refractivity (Wildman–Crippen MR) is 137 cm³/mol. The molecular formula is C27H27F7N4O4. The summed E-state index contributed by atoms with van der Waals surface area (Å²) >= 11 is 0. The molecule has 0 bridgehead atoms. The van der Waals surface area contributed by atoms with Crippen LogP contribution in [0.4, 0.5) is 41.2 Å². The Kier molecular flexibility index (Phi) is 8.73. The lowest BCUT2D eigenvalue weighted by Crippen LogP contribution is -2.35. The first-order valence-electron chi connectivity index (χ1n) is 12.7. The average molecular weight is 605 g/mol. The SMILES string of the molecule is CN1CCCC(Cn2ccn(-c3cc(C(F)(F)F)cc(C(F)(F)F)c3OC(=O)N(C)c3ccc(F)cc3)c2=O)C(O)C1. The molecule has 8 nitrogen and oxygen atoms in total. The van der Waals surface area contributed by atoms with E-state index in [1.807, 2.05) is 11.9 Å². The highest BCUT2D eigenvalue weighted by Crippen LogP contribution is 2.44. The second-order valence-corrected chi connectivity index (χ2v) is 10.1. The van der Waals surface area contributed by atoms with Crippen LogP contribution in [0.5, 0.6) is 5.75 Å². The molecule has 0 saturated carbocycles. The maximum absolute atomic E-state index is 14.1. The van der Waals surface area contributed by atoms with Crippen molar-refractivity contribution in [2.75, 3.05) is 32.1 Å². The number of anilines is 1. The van der Waals surface area contributed by atoms with Gasteiger partial charge < -0.3 is 14.7 Å². The van der Waals surface area contributed by atoms with Crippen molar-refractivity contribution < 1.29 is 45.4 Å². The zero-order valence-electron chi connectivity index (χ0n) is 22.4. The number of likely N-dealkylation sites (N-methyl/N-ethyl adjacent to an activating group) is 1. The maximum atomic E-state index is 14.1. The fourth-order valence-electron chi connectivity index (χ4n) is 4.78. The number of carbonyl (C=O) groups excluding carboxylic acids is 1. The number of aromatic nitrogens is 2. The van der Waals surface area contributed by atoms with Crippen molar-refractivity contribution in [1.29, 1.82) is 0 Å². The molecule has 1 saturated heterocycles. The van der Waals surface area contributed by atoms with Gasteiger partial charge in [0.2, 0.25) is 0 Å². The van der Waals surface area contributed by atoms with Crippen LogP contribution in [-0.2, 0) is 18.9 Å². The van der Waals surface area contributed by atoms with Gasteiger partial charge in [-0.3, -0.25) is 14.0 Å². The van der Waals surface area contributed by atoms with Crippen LogP contribution in [0.2, 0.25) is 0 Å². The van der Waals surface area contributed by atoms with E-state index in [0.29, 0.717) is 30.5 Å². The minimum absolute atomic E-state index is 0.0133. The van der Waals surface area contributed by atoms with Gasteiger partial charge in [-0.2, -0.15) is 26.3 Å². The Morgan fingerprint density at radius 3 is 2.36 bits per heavy atom. The zero-order chi connectivity index (χ0) is 31.0. The van der Waals surface area contributed by atoms with Crippen LogP contribution in [0, 0.1) is 11.7 Å². The lowest BCUT2D eigenvalue weighted by atomic mass is 9.98. The Morgan fingerprint density at radius 2 is 1.74 bits per heavy atom. The number of ether oxygens (including phenoxy) is 1. The molecule has 2 heterocycles. The number of nitrogens with zero attached hydrogens (tertiary/aromatic N) is 4. The molecule has 2 unspecified atom stereocenters. The Balaban J connectivity index is 1.81. The standard InChI is InChI=1S/C27H27F7N4O4/c1-35-9-3-4-16(22(39)15-35)14-37-10-11-38(24(37)40)21-13-17(26(29,30)31)12-20(27(32,33)34)23(21)42-25(41)36(2)19-7-5-18(28)6-8-19/h5-8,10-13,16,22,39H,3-4,9,14-15H2,1-2H3. The van der Waals surface area contributed by atoms with E-state index in [1.54, 1.807) is 0 Å². The highest BCUT2D eigenvalue weighted by Gasteiger charge is 2.42. The largest absolute Gasteiger partial charge is 0.420 e. The van der Waals surface area contributed by atoms with E-state index in [9.17, 15) is 45.4 Å². The number of benzene rings is 2. The van der Waals surface area contributed by atoms with Crippen molar-refractivity contribution >= 4 is 11.8 Å². The number of imidazole rings is 1. The summed E-state index contributed by atoms with van der Waals surface area (Å²) in [6, 6.07) is 4.32. The molecule has 1 aliphatic heterocycles. The molecule has 1 aliphatic rings. The van der Waals surface area contributed by atoms with Gasteiger partial charge in [0.05, 0.1) is 17.4 Å². The molecule has 15 heteroatoms. The number of alkyl halides is 6. The maximum Gasteiger partial charge on any atom is 0.420 e. The summed E-state index contributed by atoms with van der Waals surface area (Å²) < 4.78 is 103. The van der Waals surface area contributed by atoms with Gasteiger partial charge in [0.15, 0.2) is 5.75 Å². The van der Waals surface area contributed by atoms with Crippen LogP contribution in [-0.4, -0.2) is 58.5 Å². The third-order valence-corrected chi connectivity index (χ3v) is 7.08. The Labute approximate surface area is 235 Å². The second kappa shape index (κ2) is 11.8. The van der Waals surface area contributed by atoms with Crippen LogP contribution >= 0.6 is 0 Å². The summed E-state index contributed by atoms with van der Waals surface area (Å²) in [5.41, 5.74) is -5.62. The number of likely N-dealkylation sites (tertiary alicyclic amines) is 1. The minimum atomic E-state index is -5.43. The minimum Gasteiger partial charge on any atom is -0.407 e. The fourth-order valence-corrected chi connectivity index (χ4v) is 4.78. The highest BCUT2D eigenvalue weighted by atomic mass is 19.4. The summed E-state index contributed by atoms with van der Waals surface area (Å²) in [4.78, 5) is 28.8. The van der Waals surface area contributed by atoms with Gasteiger partial charge in [0.1, 0.15) is 11.4 Å². The normalized spacial score (nSPS) is 18.5. The van der Waals surface area contributed by atoms with Gasteiger partial charge in [-0.05, 0) is 62.8 Å². The number of hydrogen-bond acceptors (Lipinski definition) is 5. The topological polar surface area (TPSA) is 79.9 Å². The number of halogens is 7. The van der Waals surface area contributed by atoms with E-state index >= 15 is 0 Å². The molecule has 1 aromatic heterocycles. The van der Waals surface area contributed by atoms with Crippen LogP contribution in [0.25, 0.3) is 5.69 Å². The van der Waals surface area contributed by atoms with Crippen LogP contribution in [0.1, 0.15) is 24.0 Å². The molecule has 228 valence electrons. The van der Waals surface area contributed by atoms with E-state index < -0.39 is 64.5 Å². The number of carbonyl (C=O) groups is 1. The van der Waals surface area contributed by atoms with E-state index in [2.05, 4.69) is 0 Å². The molecule has 2 atom stereocenters. The molecular weight excluding hydrogens is 577 g/mol. The second-order valence-electron chi connectivity index (χ2n) is 10.1. The number of rotatable bonds is 5. The number of hydrogen-bond donors (Lipinski definition) is 1. The van der Waals surface area contributed by atoms with Crippen molar-refractivity contribution in [3.8, 4) is 11.4 Å². The first-order chi connectivity index (χ1) is 19.6. The summed E-state index contributed by atoms with van der Waals surface area (Å²) in [5, 5.41) is 10.6. The molecule has 0 spiro atoms. The van der Waals surface area contributed by atoms with Crippen LogP contribution in [0.15, 0.2) is 53.6 Å². The van der Waals surface area contributed by atoms with E-state index in [4.69, 9.17) is 4.74 Å². The average Bonchev–Trinajstić information content (AvgIpc) is 3.17. The van der Waals surface area contributed by atoms with Crippen molar-refractivity contribution in [3.05, 3.63) is 76.2 Å². The first kappa shape index (κ1) is 31.1. The van der Waals surface area contributed by atoms with Gasteiger partial charge in [0.25, 0.3) is 0 Å². The molecule has 0 aliphatic carbocycles. The quantitative estimate of drug-likeness (QED) is 0.408. The van der Waals surface area contributed by atoms with Crippen molar-refractivity contribution in [3.63, 3.8) is 0 Å². The first-order valence-corrected chi connectivity index (χ1v) is 12.7. The molecule has 42 heavy (non-hydrogen) atoms. The number of β-amino-alcohol motifs (C(OH)–C–C–N with tert-alkyl or cyclic N) is 1. The smallest absolute Gasteiger partial charge is 0.407 e. The van der Waals surface area contributed by atoms with Gasteiger partial charge in [-0.15, -0.1) is 0 Å². The third kappa shape index (κ3) is 6.78. The Bertz CT molecular complexity index is 1480. The lowest BCUT2D eigenvalue weighted by molar-refractivity contribution is -0.143. The van der Waals surface area contributed by atoms with Crippen molar-refractivity contribution in [1.82, 2.24) is 14.0 Å². The molecule has 1 N–H and O–H groups in total. The molecule has 1 amide bonds. The van der Waals surface area contributed by atoms with Crippen molar-refractivity contribution in [2.45, 2.75) is 37.8 Å². The Morgan fingerprint density at radius 1 is 1.07 bits per heavy atom. The number of aliphatic hydroxyl groups is 1. The summed E-state index contributed by atoms with van der Waals surface area (Å²) in [6.07, 6.45) is -9.56. The monoisotopic (exact) mass is 604 g/mol. The number of amides is 1. The van der Waals surface area contributed by atoms with Gasteiger partial charge in [-0.1, -0.05) is 0 Å².